The van der Waals surface area contributed by atoms with Gasteiger partial charge in [-0.15, -0.1) is 0 Å². The van der Waals surface area contributed by atoms with Gasteiger partial charge in [0, 0.05) is 36.2 Å². The van der Waals surface area contributed by atoms with Crippen LogP contribution in [-0.4, -0.2) is 37.1 Å². The highest BCUT2D eigenvalue weighted by Gasteiger charge is 2.11. The van der Waals surface area contributed by atoms with E-state index in [4.69, 9.17) is 16.3 Å². The van der Waals surface area contributed by atoms with Gasteiger partial charge in [-0.25, -0.2) is 4.98 Å². The molecule has 1 rings (SSSR count). The lowest BCUT2D eigenvalue weighted by Crippen LogP contribution is -2.30. The molecule has 1 aromatic rings. The Balaban J connectivity index is 2.82. The van der Waals surface area contributed by atoms with E-state index in [1.807, 2.05) is 6.07 Å². The molecule has 0 unspecified atom stereocenters. The van der Waals surface area contributed by atoms with Crippen molar-refractivity contribution in [1.29, 1.82) is 0 Å². The maximum Gasteiger partial charge on any atom is 0.147 e. The van der Waals surface area contributed by atoms with Crippen LogP contribution in [0.1, 0.15) is 0 Å². The second-order valence-electron chi connectivity index (χ2n) is 3.13. The zero-order valence-corrected chi connectivity index (χ0v) is 12.8. The first-order chi connectivity index (χ1) is 7.69. The third-order valence-electron chi connectivity index (χ3n) is 2.01. The summed E-state index contributed by atoms with van der Waals surface area (Å²) in [6.07, 6.45) is 1.75. The first-order valence-electron chi connectivity index (χ1n) is 4.80. The summed E-state index contributed by atoms with van der Waals surface area (Å²) in [4.78, 5) is 6.41. The van der Waals surface area contributed by atoms with Crippen molar-refractivity contribution in [3.63, 3.8) is 0 Å². The van der Waals surface area contributed by atoms with Crippen LogP contribution in [0.15, 0.2) is 16.7 Å². The second kappa shape index (κ2) is 7.48. The standard InChI is InChI=1S/C10H13Br2ClN2O/c1-16-5-4-15(3-2-11)10-9(13)6-8(12)7-14-10/h6-7H,2-5H2,1H3. The molecule has 0 spiro atoms. The average Bonchev–Trinajstić information content (AvgIpc) is 2.25. The fraction of sp³-hybridized carbons (Fsp3) is 0.500. The molecule has 1 heterocycles. The van der Waals surface area contributed by atoms with E-state index in [-0.39, 0.29) is 0 Å². The van der Waals surface area contributed by atoms with E-state index in [0.29, 0.717) is 11.6 Å². The minimum Gasteiger partial charge on any atom is -0.383 e. The number of halogens is 3. The molecule has 0 aliphatic rings. The lowest BCUT2D eigenvalue weighted by Gasteiger charge is -2.23. The van der Waals surface area contributed by atoms with Crippen LogP contribution in [0.2, 0.25) is 5.02 Å². The summed E-state index contributed by atoms with van der Waals surface area (Å²) in [5.41, 5.74) is 0. The Morgan fingerprint density at radius 1 is 1.50 bits per heavy atom. The predicted molar refractivity (Wildman–Crippen MR) is 74.8 cm³/mol. The van der Waals surface area contributed by atoms with E-state index in [9.17, 15) is 0 Å². The van der Waals surface area contributed by atoms with Crippen LogP contribution in [0, 0.1) is 0 Å². The first kappa shape index (κ1) is 14.2. The molecule has 0 bridgehead atoms. The Bertz CT molecular complexity index is 339. The van der Waals surface area contributed by atoms with Crippen molar-refractivity contribution in [2.24, 2.45) is 0 Å². The number of aromatic nitrogens is 1. The van der Waals surface area contributed by atoms with Crippen molar-refractivity contribution >= 4 is 49.3 Å². The highest BCUT2D eigenvalue weighted by molar-refractivity contribution is 9.10. The maximum absolute atomic E-state index is 6.15. The number of nitrogens with zero attached hydrogens (tertiary/aromatic N) is 2. The molecule has 0 fully saturated rings. The third kappa shape index (κ3) is 4.20. The van der Waals surface area contributed by atoms with Gasteiger partial charge in [0.1, 0.15) is 5.82 Å². The lowest BCUT2D eigenvalue weighted by atomic mass is 10.4. The predicted octanol–water partition coefficient (Wildman–Crippen LogP) is 3.35. The van der Waals surface area contributed by atoms with Gasteiger partial charge in [0.2, 0.25) is 0 Å². The monoisotopic (exact) mass is 370 g/mol. The zero-order valence-electron chi connectivity index (χ0n) is 8.92. The topological polar surface area (TPSA) is 25.4 Å². The molecule has 3 nitrogen and oxygen atoms in total. The van der Waals surface area contributed by atoms with Crippen molar-refractivity contribution < 1.29 is 4.74 Å². The molecule has 1 aromatic heterocycles. The van der Waals surface area contributed by atoms with Gasteiger partial charge in [0.25, 0.3) is 0 Å². The molecule has 90 valence electrons. The van der Waals surface area contributed by atoms with Crippen molar-refractivity contribution in [3.05, 3.63) is 21.8 Å². The Labute approximate surface area is 117 Å². The van der Waals surface area contributed by atoms with Crippen LogP contribution in [0.4, 0.5) is 5.82 Å². The van der Waals surface area contributed by atoms with E-state index >= 15 is 0 Å². The SMILES string of the molecule is COCCN(CCBr)c1ncc(Br)cc1Cl. The third-order valence-corrected chi connectivity index (χ3v) is 3.07. The molecule has 0 saturated carbocycles. The Kier molecular flexibility index (Phi) is 6.65. The first-order valence-corrected chi connectivity index (χ1v) is 7.09. The Hall–Kier alpha value is 0.160. The van der Waals surface area contributed by atoms with E-state index < -0.39 is 0 Å². The van der Waals surface area contributed by atoms with Gasteiger partial charge in [-0.2, -0.15) is 0 Å². The Morgan fingerprint density at radius 3 is 2.81 bits per heavy atom. The minimum absolute atomic E-state index is 0.645. The Morgan fingerprint density at radius 2 is 2.25 bits per heavy atom. The normalized spacial score (nSPS) is 10.5. The number of methoxy groups -OCH3 is 1. The molecule has 0 atom stereocenters. The molecular weight excluding hydrogens is 359 g/mol. The number of rotatable bonds is 6. The molecule has 6 heteroatoms. The number of pyridine rings is 1. The lowest BCUT2D eigenvalue weighted by molar-refractivity contribution is 0.205. The van der Waals surface area contributed by atoms with Gasteiger partial charge in [0.15, 0.2) is 0 Å². The molecule has 16 heavy (non-hydrogen) atoms. The average molecular weight is 372 g/mol. The van der Waals surface area contributed by atoms with Crippen molar-refractivity contribution in [3.8, 4) is 0 Å². The van der Waals surface area contributed by atoms with Crippen LogP contribution in [0.25, 0.3) is 0 Å². The molecule has 0 saturated heterocycles. The van der Waals surface area contributed by atoms with E-state index in [1.54, 1.807) is 13.3 Å². The van der Waals surface area contributed by atoms with Crippen LogP contribution in [-0.2, 0) is 4.74 Å². The van der Waals surface area contributed by atoms with Gasteiger partial charge in [-0.3, -0.25) is 0 Å². The summed E-state index contributed by atoms with van der Waals surface area (Å²) in [6, 6.07) is 1.85. The van der Waals surface area contributed by atoms with Crippen LogP contribution in [0.5, 0.6) is 0 Å². The number of ether oxygens (including phenoxy) is 1. The van der Waals surface area contributed by atoms with Gasteiger partial charge in [-0.1, -0.05) is 27.5 Å². The smallest absolute Gasteiger partial charge is 0.147 e. The largest absolute Gasteiger partial charge is 0.383 e. The summed E-state index contributed by atoms with van der Waals surface area (Å²) >= 11 is 12.9. The van der Waals surface area contributed by atoms with Gasteiger partial charge >= 0.3 is 0 Å². The van der Waals surface area contributed by atoms with Crippen LogP contribution >= 0.6 is 43.5 Å². The number of hydrogen-bond donors (Lipinski definition) is 0. The highest BCUT2D eigenvalue weighted by Crippen LogP contribution is 2.26. The molecule has 0 amide bonds. The molecule has 0 N–H and O–H groups in total. The van der Waals surface area contributed by atoms with Gasteiger partial charge in [-0.05, 0) is 22.0 Å². The quantitative estimate of drug-likeness (QED) is 0.716. The number of alkyl halides is 1. The van der Waals surface area contributed by atoms with Crippen molar-refractivity contribution in [1.82, 2.24) is 4.98 Å². The highest BCUT2D eigenvalue weighted by atomic mass is 79.9. The maximum atomic E-state index is 6.15. The molecule has 0 radical (unpaired) electrons. The number of hydrogen-bond acceptors (Lipinski definition) is 3. The van der Waals surface area contributed by atoms with Gasteiger partial charge < -0.3 is 9.64 Å². The van der Waals surface area contributed by atoms with Crippen LogP contribution in [0.3, 0.4) is 0 Å². The summed E-state index contributed by atoms with van der Waals surface area (Å²) < 4.78 is 5.95. The molecule has 0 aromatic carbocycles. The van der Waals surface area contributed by atoms with Crippen LogP contribution < -0.4 is 4.90 Å². The molecular formula is C10H13Br2ClN2O. The summed E-state index contributed by atoms with van der Waals surface area (Å²) in [5.74, 6) is 0.793. The van der Waals surface area contributed by atoms with Crippen molar-refractivity contribution in [2.75, 3.05) is 37.0 Å². The van der Waals surface area contributed by atoms with E-state index in [0.717, 1.165) is 28.7 Å². The fourth-order valence-electron chi connectivity index (χ4n) is 1.27. The summed E-state index contributed by atoms with van der Waals surface area (Å²) in [5, 5.41) is 1.51. The molecule has 0 aliphatic heterocycles. The minimum atomic E-state index is 0.645. The zero-order chi connectivity index (χ0) is 12.0. The molecule has 0 aliphatic carbocycles. The van der Waals surface area contributed by atoms with Gasteiger partial charge in [0.05, 0.1) is 11.6 Å². The summed E-state index contributed by atoms with van der Waals surface area (Å²) in [6.45, 7) is 2.27. The van der Waals surface area contributed by atoms with E-state index in [2.05, 4.69) is 41.7 Å². The van der Waals surface area contributed by atoms with Crippen molar-refractivity contribution in [2.45, 2.75) is 0 Å². The number of anilines is 1. The van der Waals surface area contributed by atoms with E-state index in [1.165, 1.54) is 0 Å². The second-order valence-corrected chi connectivity index (χ2v) is 5.24. The summed E-state index contributed by atoms with van der Waals surface area (Å²) in [7, 11) is 1.68. The fourth-order valence-corrected chi connectivity index (χ4v) is 2.44.